The van der Waals surface area contributed by atoms with E-state index in [1.165, 1.54) is 12.1 Å². The van der Waals surface area contributed by atoms with Crippen molar-refractivity contribution in [1.82, 2.24) is 25.2 Å². The maximum atomic E-state index is 13.3. The monoisotopic (exact) mass is 398 g/mol. The lowest BCUT2D eigenvalue weighted by Gasteiger charge is -2.20. The van der Waals surface area contributed by atoms with Crippen LogP contribution in [0.5, 0.6) is 5.75 Å². The van der Waals surface area contributed by atoms with Crippen LogP contribution in [0.1, 0.15) is 25.6 Å². The Morgan fingerprint density at radius 1 is 1.21 bits per heavy atom. The third-order valence-corrected chi connectivity index (χ3v) is 4.53. The lowest BCUT2D eigenvalue weighted by Crippen LogP contribution is -2.42. The van der Waals surface area contributed by atoms with Crippen molar-refractivity contribution in [3.05, 3.63) is 60.3 Å². The summed E-state index contributed by atoms with van der Waals surface area (Å²) in [4.78, 5) is 4.25. The molecule has 2 aromatic heterocycles. The second kappa shape index (κ2) is 10.4. The molecule has 1 aromatic carbocycles. The van der Waals surface area contributed by atoms with Crippen molar-refractivity contribution >= 4 is 11.6 Å². The molecule has 0 saturated heterocycles. The normalized spacial score (nSPS) is 12.7. The fourth-order valence-electron chi connectivity index (χ4n) is 2.95. The highest BCUT2D eigenvalue weighted by Gasteiger charge is 2.10. The van der Waals surface area contributed by atoms with E-state index in [0.29, 0.717) is 18.3 Å². The molecule has 0 fully saturated rings. The van der Waals surface area contributed by atoms with Crippen molar-refractivity contribution in [2.75, 3.05) is 20.1 Å². The zero-order valence-corrected chi connectivity index (χ0v) is 16.8. The van der Waals surface area contributed by atoms with Crippen molar-refractivity contribution < 1.29 is 9.13 Å². The van der Waals surface area contributed by atoms with Gasteiger partial charge in [0.25, 0.3) is 0 Å². The van der Waals surface area contributed by atoms with Gasteiger partial charge in [0.1, 0.15) is 23.5 Å². The molecule has 0 aliphatic carbocycles. The first-order valence-electron chi connectivity index (χ1n) is 9.85. The number of halogens is 1. The number of fused-ring (bicyclic) bond motifs is 1. The van der Waals surface area contributed by atoms with Gasteiger partial charge in [-0.05, 0) is 37.1 Å². The Morgan fingerprint density at radius 2 is 2.10 bits per heavy atom. The number of aliphatic imine (C=N–C) groups is 1. The number of hydrogen-bond donors (Lipinski definition) is 2. The number of aryl methyl sites for hydroxylation is 1. The molecule has 1 unspecified atom stereocenters. The molecule has 8 heteroatoms. The molecule has 29 heavy (non-hydrogen) atoms. The summed E-state index contributed by atoms with van der Waals surface area (Å²) in [6.07, 6.45) is 4.39. The van der Waals surface area contributed by atoms with Crippen molar-refractivity contribution in [3.63, 3.8) is 0 Å². The summed E-state index contributed by atoms with van der Waals surface area (Å²) in [7, 11) is 1.73. The minimum atomic E-state index is -0.303. The summed E-state index contributed by atoms with van der Waals surface area (Å²) in [5.41, 5.74) is 0.858. The van der Waals surface area contributed by atoms with Gasteiger partial charge in [0, 0.05) is 32.3 Å². The summed E-state index contributed by atoms with van der Waals surface area (Å²) >= 11 is 0. The predicted octanol–water partition coefficient (Wildman–Crippen LogP) is 2.82. The van der Waals surface area contributed by atoms with Crippen LogP contribution >= 0.6 is 0 Å². The average molecular weight is 398 g/mol. The van der Waals surface area contributed by atoms with Gasteiger partial charge in [-0.2, -0.15) is 0 Å². The van der Waals surface area contributed by atoms with Crippen LogP contribution < -0.4 is 15.4 Å². The number of aromatic nitrogens is 3. The van der Waals surface area contributed by atoms with E-state index >= 15 is 0 Å². The van der Waals surface area contributed by atoms with E-state index in [2.05, 4.69) is 25.8 Å². The molecule has 2 N–H and O–H groups in total. The van der Waals surface area contributed by atoms with Gasteiger partial charge in [-0.25, -0.2) is 4.39 Å². The van der Waals surface area contributed by atoms with Gasteiger partial charge in [-0.15, -0.1) is 10.2 Å². The fraction of sp³-hybridized carbons (Fsp3) is 0.381. The molecule has 3 aromatic rings. The molecule has 2 heterocycles. The number of pyridine rings is 1. The quantitative estimate of drug-likeness (QED) is 0.329. The van der Waals surface area contributed by atoms with Gasteiger partial charge in [0.15, 0.2) is 11.6 Å². The highest BCUT2D eigenvalue weighted by Crippen LogP contribution is 2.14. The van der Waals surface area contributed by atoms with Gasteiger partial charge in [0.05, 0.1) is 6.54 Å². The van der Waals surface area contributed by atoms with E-state index in [4.69, 9.17) is 4.74 Å². The van der Waals surface area contributed by atoms with Crippen molar-refractivity contribution in [1.29, 1.82) is 0 Å². The molecule has 0 aliphatic heterocycles. The number of ether oxygens (including phenoxy) is 1. The number of rotatable bonds is 9. The summed E-state index contributed by atoms with van der Waals surface area (Å²) in [5, 5.41) is 15.0. The third kappa shape index (κ3) is 5.91. The molecule has 154 valence electrons. The van der Waals surface area contributed by atoms with Crippen LogP contribution in [0.25, 0.3) is 5.65 Å². The summed E-state index contributed by atoms with van der Waals surface area (Å²) in [6, 6.07) is 12.1. The minimum absolute atomic E-state index is 0.0855. The van der Waals surface area contributed by atoms with Crippen LogP contribution in [0, 0.1) is 5.82 Å². The van der Waals surface area contributed by atoms with Gasteiger partial charge in [-0.3, -0.25) is 9.39 Å². The van der Waals surface area contributed by atoms with Crippen LogP contribution in [-0.4, -0.2) is 46.8 Å². The molecular formula is C21H27FN6O. The van der Waals surface area contributed by atoms with E-state index in [1.54, 1.807) is 19.2 Å². The summed E-state index contributed by atoms with van der Waals surface area (Å²) in [5.74, 6) is 1.88. The third-order valence-electron chi connectivity index (χ3n) is 4.53. The Morgan fingerprint density at radius 3 is 2.90 bits per heavy atom. The Bertz CT molecular complexity index is 942. The zero-order valence-electron chi connectivity index (χ0n) is 16.8. The fourth-order valence-corrected chi connectivity index (χ4v) is 2.95. The van der Waals surface area contributed by atoms with Crippen LogP contribution in [0.4, 0.5) is 4.39 Å². The van der Waals surface area contributed by atoms with E-state index in [0.717, 1.165) is 37.3 Å². The van der Waals surface area contributed by atoms with Crippen molar-refractivity contribution in [3.8, 4) is 5.75 Å². The highest BCUT2D eigenvalue weighted by atomic mass is 19.1. The first-order valence-corrected chi connectivity index (χ1v) is 9.85. The predicted molar refractivity (Wildman–Crippen MR) is 112 cm³/mol. The van der Waals surface area contributed by atoms with Gasteiger partial charge in [-0.1, -0.05) is 19.1 Å². The molecule has 0 saturated carbocycles. The van der Waals surface area contributed by atoms with Crippen LogP contribution in [0.2, 0.25) is 0 Å². The first-order chi connectivity index (χ1) is 14.2. The zero-order chi connectivity index (χ0) is 20.5. The number of guanidine groups is 1. The molecule has 0 bridgehead atoms. The SMILES string of the molecule is CCC(CNC(=NC)NCCCc1nnc2ccccn12)Oc1cccc(F)c1. The molecular weight excluding hydrogens is 371 g/mol. The molecule has 1 atom stereocenters. The molecule has 3 rings (SSSR count). The lowest BCUT2D eigenvalue weighted by molar-refractivity contribution is 0.199. The van der Waals surface area contributed by atoms with Crippen molar-refractivity contribution in [2.24, 2.45) is 4.99 Å². The van der Waals surface area contributed by atoms with E-state index in [1.807, 2.05) is 35.7 Å². The molecule has 7 nitrogen and oxygen atoms in total. The van der Waals surface area contributed by atoms with E-state index in [-0.39, 0.29) is 11.9 Å². The summed E-state index contributed by atoms with van der Waals surface area (Å²) < 4.78 is 21.2. The highest BCUT2D eigenvalue weighted by molar-refractivity contribution is 5.79. The van der Waals surface area contributed by atoms with Gasteiger partial charge < -0.3 is 15.4 Å². The van der Waals surface area contributed by atoms with Gasteiger partial charge in [0.2, 0.25) is 0 Å². The molecule has 0 aliphatic rings. The second-order valence-electron chi connectivity index (χ2n) is 6.63. The first kappa shape index (κ1) is 20.6. The van der Waals surface area contributed by atoms with Gasteiger partial charge >= 0.3 is 0 Å². The second-order valence-corrected chi connectivity index (χ2v) is 6.63. The smallest absolute Gasteiger partial charge is 0.191 e. The lowest BCUT2D eigenvalue weighted by atomic mass is 10.2. The largest absolute Gasteiger partial charge is 0.489 e. The molecule has 0 amide bonds. The minimum Gasteiger partial charge on any atom is -0.489 e. The standard InChI is InChI=1S/C21H27FN6O/c1-3-17(29-18-9-6-8-16(22)14-18)15-25-21(23-2)24-12-7-11-20-27-26-19-10-4-5-13-28(19)20/h4-6,8-10,13-14,17H,3,7,11-12,15H2,1-2H3,(H2,23,24,25). The Kier molecular flexibility index (Phi) is 7.38. The maximum absolute atomic E-state index is 13.3. The van der Waals surface area contributed by atoms with E-state index < -0.39 is 0 Å². The average Bonchev–Trinajstić information content (AvgIpc) is 3.15. The number of nitrogens with one attached hydrogen (secondary N) is 2. The number of benzene rings is 1. The molecule has 0 radical (unpaired) electrons. The van der Waals surface area contributed by atoms with Crippen LogP contribution in [0.3, 0.4) is 0 Å². The molecule has 0 spiro atoms. The Labute approximate surface area is 170 Å². The Balaban J connectivity index is 1.41. The van der Waals surface area contributed by atoms with E-state index in [9.17, 15) is 4.39 Å². The topological polar surface area (TPSA) is 75.8 Å². The maximum Gasteiger partial charge on any atom is 0.191 e. The van der Waals surface area contributed by atoms with Crippen LogP contribution in [-0.2, 0) is 6.42 Å². The van der Waals surface area contributed by atoms with Crippen LogP contribution in [0.15, 0.2) is 53.7 Å². The number of nitrogens with zero attached hydrogens (tertiary/aromatic N) is 4. The summed E-state index contributed by atoms with van der Waals surface area (Å²) in [6.45, 7) is 3.36. The van der Waals surface area contributed by atoms with Crippen molar-refractivity contribution in [2.45, 2.75) is 32.3 Å². The number of hydrogen-bond acceptors (Lipinski definition) is 4. The Hall–Kier alpha value is -3.16.